The Balaban J connectivity index is 1.27. The minimum atomic E-state index is -0.301. The summed E-state index contributed by atoms with van der Waals surface area (Å²) in [6, 6.07) is 51.3. The summed E-state index contributed by atoms with van der Waals surface area (Å²) in [7, 11) is 0. The average Bonchev–Trinajstić information content (AvgIpc) is 3.94. The molecule has 67 heavy (non-hydrogen) atoms. The van der Waals surface area contributed by atoms with E-state index in [1.165, 1.54) is 27.8 Å². The van der Waals surface area contributed by atoms with Crippen LogP contribution in [0.2, 0.25) is 0 Å². The lowest BCUT2D eigenvalue weighted by molar-refractivity contribution is 0.466. The van der Waals surface area contributed by atoms with E-state index in [0.29, 0.717) is 28.1 Å². The molecule has 0 radical (unpaired) electrons. The van der Waals surface area contributed by atoms with Crippen molar-refractivity contribution < 1.29 is 13.9 Å². The molecule has 0 fully saturated rings. The molecule has 7 aromatic carbocycles. The number of aromatic nitrogens is 2. The minimum Gasteiger partial charge on any atom is -0.504 e. The first-order valence-electron chi connectivity index (χ1n) is 23.6. The lowest BCUT2D eigenvalue weighted by Gasteiger charge is -2.23. The highest BCUT2D eigenvalue weighted by Crippen LogP contribution is 2.50. The lowest BCUT2D eigenvalue weighted by atomic mass is 9.81. The summed E-state index contributed by atoms with van der Waals surface area (Å²) < 4.78 is 13.7. The van der Waals surface area contributed by atoms with Crippen LogP contribution in [0.3, 0.4) is 0 Å². The van der Waals surface area contributed by atoms with Crippen LogP contribution in [0.1, 0.15) is 103 Å². The SMILES string of the molecule is CC(C)c1cc(-c2ccccc2)cc(C(C)C)c1-c1ccc(-c2cc(-c3cc(-c4ccccc4)ccn3)cc(C(C)(C)C)c2)c2nc(-c3cc(C(C)(C)C)c4c(oc5ccccc54)c3O)oc12. The molecule has 0 aliphatic rings. The summed E-state index contributed by atoms with van der Waals surface area (Å²) in [5, 5.41) is 14.2. The Labute approximate surface area is 394 Å². The van der Waals surface area contributed by atoms with Gasteiger partial charge < -0.3 is 13.9 Å². The number of pyridine rings is 1. The summed E-state index contributed by atoms with van der Waals surface area (Å²) in [4.78, 5) is 10.4. The molecule has 0 aliphatic carbocycles. The number of hydrogen-bond acceptors (Lipinski definition) is 5. The van der Waals surface area contributed by atoms with E-state index in [1.807, 2.05) is 30.5 Å². The van der Waals surface area contributed by atoms with E-state index in [0.717, 1.165) is 66.6 Å². The van der Waals surface area contributed by atoms with E-state index >= 15 is 0 Å². The molecule has 0 saturated carbocycles. The Morgan fingerprint density at radius 2 is 1.12 bits per heavy atom. The predicted octanol–water partition coefficient (Wildman–Crippen LogP) is 17.7. The molecule has 10 rings (SSSR count). The molecule has 0 bridgehead atoms. The number of benzene rings is 7. The van der Waals surface area contributed by atoms with Gasteiger partial charge in [-0.3, -0.25) is 4.98 Å². The molecule has 334 valence electrons. The number of hydrogen-bond donors (Lipinski definition) is 1. The van der Waals surface area contributed by atoms with E-state index in [9.17, 15) is 5.11 Å². The topological polar surface area (TPSA) is 72.3 Å². The van der Waals surface area contributed by atoms with Crippen molar-refractivity contribution in [2.75, 3.05) is 0 Å². The number of nitrogens with zero attached hydrogens (tertiary/aromatic N) is 2. The second-order valence-electron chi connectivity index (χ2n) is 20.8. The fourth-order valence-electron chi connectivity index (χ4n) is 9.66. The molecule has 0 saturated heterocycles. The van der Waals surface area contributed by atoms with Gasteiger partial charge in [0.1, 0.15) is 11.1 Å². The van der Waals surface area contributed by atoms with Gasteiger partial charge in [-0.05, 0) is 121 Å². The van der Waals surface area contributed by atoms with Gasteiger partial charge in [-0.1, -0.05) is 172 Å². The number of phenolic OH excluding ortho intramolecular Hbond substituents is 1. The molecular weight excluding hydrogens is 821 g/mol. The number of phenols is 1. The zero-order valence-electron chi connectivity index (χ0n) is 40.2. The Hall–Kier alpha value is -7.24. The number of rotatable bonds is 8. The third-order valence-electron chi connectivity index (χ3n) is 13.3. The van der Waals surface area contributed by atoms with Crippen molar-refractivity contribution in [2.45, 2.75) is 91.9 Å². The van der Waals surface area contributed by atoms with E-state index in [1.54, 1.807) is 0 Å². The van der Waals surface area contributed by atoms with Crippen molar-refractivity contribution in [1.82, 2.24) is 9.97 Å². The van der Waals surface area contributed by atoms with Crippen LogP contribution in [-0.4, -0.2) is 15.1 Å². The van der Waals surface area contributed by atoms with Gasteiger partial charge in [0, 0.05) is 33.7 Å². The van der Waals surface area contributed by atoms with Crippen molar-refractivity contribution in [2.24, 2.45) is 0 Å². The third-order valence-corrected chi connectivity index (χ3v) is 13.3. The smallest absolute Gasteiger partial charge is 0.231 e. The Bertz CT molecular complexity index is 3460. The zero-order chi connectivity index (χ0) is 46.9. The largest absolute Gasteiger partial charge is 0.504 e. The first-order valence-corrected chi connectivity index (χ1v) is 23.6. The maximum absolute atomic E-state index is 12.4. The molecule has 0 unspecified atom stereocenters. The number of aromatic hydroxyl groups is 1. The fourth-order valence-corrected chi connectivity index (χ4v) is 9.66. The van der Waals surface area contributed by atoms with Crippen molar-refractivity contribution in [3.63, 3.8) is 0 Å². The molecule has 3 heterocycles. The second kappa shape index (κ2) is 16.6. The molecule has 0 atom stereocenters. The summed E-state index contributed by atoms with van der Waals surface area (Å²) in [5.74, 6) is 0.740. The van der Waals surface area contributed by atoms with Crippen molar-refractivity contribution in [3.05, 3.63) is 174 Å². The molecule has 0 amide bonds. The van der Waals surface area contributed by atoms with Gasteiger partial charge >= 0.3 is 0 Å². The van der Waals surface area contributed by atoms with Crippen LogP contribution in [0.4, 0.5) is 0 Å². The van der Waals surface area contributed by atoms with Gasteiger partial charge in [-0.2, -0.15) is 0 Å². The molecule has 1 N–H and O–H groups in total. The Morgan fingerprint density at radius 3 is 1.76 bits per heavy atom. The van der Waals surface area contributed by atoms with Crippen LogP contribution >= 0.6 is 0 Å². The summed E-state index contributed by atoms with van der Waals surface area (Å²) in [6.07, 6.45) is 1.90. The van der Waals surface area contributed by atoms with Gasteiger partial charge in [0.05, 0.1) is 11.3 Å². The van der Waals surface area contributed by atoms with E-state index in [-0.39, 0.29) is 28.4 Å². The maximum Gasteiger partial charge on any atom is 0.231 e. The normalized spacial score (nSPS) is 12.4. The van der Waals surface area contributed by atoms with Gasteiger partial charge in [0.25, 0.3) is 0 Å². The standard InChI is InChI=1S/C62H58N2O3/c1-36(2)48-32-41(39-21-15-12-16-22-39)33-49(37(3)4)54(48)47-26-25-45(42-29-43(31-44(30-42)61(5,6)7)52-34-40(27-28-63-52)38-19-13-11-14-20-38)56-58(47)67-60(64-56)50-35-51(62(8,9)10)55-46-23-17-18-24-53(46)66-59(55)57(50)65/h11-37,65H,1-10H3. The number of fused-ring (bicyclic) bond motifs is 4. The molecular formula is C62H58N2O3. The molecule has 0 aliphatic heterocycles. The Kier molecular flexibility index (Phi) is 10.8. The van der Waals surface area contributed by atoms with Crippen LogP contribution in [0.15, 0.2) is 161 Å². The molecule has 0 spiro atoms. The average molecular weight is 879 g/mol. The van der Waals surface area contributed by atoms with Crippen molar-refractivity contribution in [1.29, 1.82) is 0 Å². The third kappa shape index (κ3) is 7.90. The van der Waals surface area contributed by atoms with Crippen LogP contribution in [-0.2, 0) is 10.8 Å². The molecule has 10 aromatic rings. The second-order valence-corrected chi connectivity index (χ2v) is 20.8. The van der Waals surface area contributed by atoms with Crippen molar-refractivity contribution in [3.8, 4) is 73.0 Å². The minimum absolute atomic E-state index is 0.00759. The summed E-state index contributed by atoms with van der Waals surface area (Å²) in [5.41, 5.74) is 17.8. The molecule has 3 aromatic heterocycles. The van der Waals surface area contributed by atoms with E-state index < -0.39 is 0 Å². The first-order chi connectivity index (χ1) is 32.0. The van der Waals surface area contributed by atoms with Gasteiger partial charge in [0.15, 0.2) is 16.9 Å². The quantitative estimate of drug-likeness (QED) is 0.165. The molecule has 5 nitrogen and oxygen atoms in total. The van der Waals surface area contributed by atoms with Crippen LogP contribution in [0.5, 0.6) is 5.75 Å². The Morgan fingerprint density at radius 1 is 0.507 bits per heavy atom. The summed E-state index contributed by atoms with van der Waals surface area (Å²) in [6.45, 7) is 22.4. The first kappa shape index (κ1) is 43.6. The molecule has 5 heteroatoms. The van der Waals surface area contributed by atoms with Gasteiger partial charge in [-0.25, -0.2) is 4.98 Å². The van der Waals surface area contributed by atoms with E-state index in [2.05, 4.69) is 191 Å². The fraction of sp³-hybridized carbons (Fsp3) is 0.226. The highest BCUT2D eigenvalue weighted by Gasteiger charge is 2.30. The number of oxazole rings is 1. The predicted molar refractivity (Wildman–Crippen MR) is 279 cm³/mol. The van der Waals surface area contributed by atoms with Crippen LogP contribution in [0.25, 0.3) is 100 Å². The van der Waals surface area contributed by atoms with E-state index in [4.69, 9.17) is 18.8 Å². The summed E-state index contributed by atoms with van der Waals surface area (Å²) >= 11 is 0. The zero-order valence-corrected chi connectivity index (χ0v) is 40.2. The monoisotopic (exact) mass is 878 g/mol. The van der Waals surface area contributed by atoms with Gasteiger partial charge in [0.2, 0.25) is 5.89 Å². The highest BCUT2D eigenvalue weighted by molar-refractivity contribution is 6.11. The highest BCUT2D eigenvalue weighted by atomic mass is 16.4. The van der Waals surface area contributed by atoms with Crippen LogP contribution < -0.4 is 0 Å². The van der Waals surface area contributed by atoms with Crippen LogP contribution in [0, 0.1) is 0 Å². The number of furan rings is 1. The van der Waals surface area contributed by atoms with Gasteiger partial charge in [-0.15, -0.1) is 0 Å². The maximum atomic E-state index is 12.4. The lowest BCUT2D eigenvalue weighted by Crippen LogP contribution is -2.11. The number of para-hydroxylation sites is 1. The van der Waals surface area contributed by atoms with Crippen molar-refractivity contribution >= 4 is 33.0 Å².